The van der Waals surface area contributed by atoms with Crippen LogP contribution in [0.25, 0.3) is 22.2 Å². The number of H-pyrrole nitrogens is 1. The van der Waals surface area contributed by atoms with Crippen LogP contribution in [-0.4, -0.2) is 45.6 Å². The third kappa shape index (κ3) is 3.91. The predicted molar refractivity (Wildman–Crippen MR) is 103 cm³/mol. The number of fused-ring (bicyclic) bond motifs is 1. The largest absolute Gasteiger partial charge is 0.309 e. The van der Waals surface area contributed by atoms with Gasteiger partial charge in [0.15, 0.2) is 5.82 Å². The minimum atomic E-state index is 0.0185. The highest BCUT2D eigenvalue weighted by atomic mass is 16.1. The van der Waals surface area contributed by atoms with E-state index in [1.807, 2.05) is 30.3 Å². The molecule has 3 aromatic rings. The number of pyridine rings is 1. The van der Waals surface area contributed by atoms with Crippen molar-refractivity contribution >= 4 is 22.6 Å². The summed E-state index contributed by atoms with van der Waals surface area (Å²) in [7, 11) is 0. The van der Waals surface area contributed by atoms with Crippen LogP contribution in [0, 0.1) is 0 Å². The molecule has 1 saturated heterocycles. The highest BCUT2D eigenvalue weighted by Gasteiger charge is 2.12. The summed E-state index contributed by atoms with van der Waals surface area (Å²) in [6.45, 7) is 3.35. The first-order valence-electron chi connectivity index (χ1n) is 9.21. The van der Waals surface area contributed by atoms with Crippen LogP contribution in [0.15, 0.2) is 42.6 Å². The summed E-state index contributed by atoms with van der Waals surface area (Å²) in [4.78, 5) is 18.9. The zero-order valence-corrected chi connectivity index (χ0v) is 14.7. The monoisotopic (exact) mass is 349 g/mol. The summed E-state index contributed by atoms with van der Waals surface area (Å²) in [5, 5.41) is 11.2. The number of amides is 1. The summed E-state index contributed by atoms with van der Waals surface area (Å²) in [5.41, 5.74) is 2.86. The highest BCUT2D eigenvalue weighted by Crippen LogP contribution is 2.23. The number of carbonyl (C=O) groups is 1. The summed E-state index contributed by atoms with van der Waals surface area (Å²) in [6, 6.07) is 11.9. The Bertz CT molecular complexity index is 898. The van der Waals surface area contributed by atoms with Crippen LogP contribution in [-0.2, 0) is 4.79 Å². The van der Waals surface area contributed by atoms with E-state index < -0.39 is 0 Å². The Morgan fingerprint density at radius 1 is 1.19 bits per heavy atom. The third-order valence-electron chi connectivity index (χ3n) is 4.84. The molecule has 26 heavy (non-hydrogen) atoms. The minimum absolute atomic E-state index is 0.0185. The Morgan fingerprint density at radius 2 is 2.08 bits per heavy atom. The molecule has 0 atom stereocenters. The molecule has 1 aromatic carbocycles. The molecular weight excluding hydrogens is 326 g/mol. The molecule has 0 spiro atoms. The van der Waals surface area contributed by atoms with Gasteiger partial charge < -0.3 is 10.2 Å². The zero-order chi connectivity index (χ0) is 17.8. The van der Waals surface area contributed by atoms with Crippen LogP contribution < -0.4 is 5.32 Å². The molecule has 1 fully saturated rings. The van der Waals surface area contributed by atoms with Gasteiger partial charge in [-0.3, -0.25) is 14.9 Å². The Balaban J connectivity index is 1.35. The fraction of sp³-hybridized carbons (Fsp3) is 0.350. The normalized spacial score (nSPS) is 14.8. The maximum atomic E-state index is 12.1. The predicted octanol–water partition coefficient (Wildman–Crippen LogP) is 3.44. The van der Waals surface area contributed by atoms with Crippen LogP contribution in [0.4, 0.5) is 5.82 Å². The van der Waals surface area contributed by atoms with E-state index >= 15 is 0 Å². The maximum absolute atomic E-state index is 12.1. The van der Waals surface area contributed by atoms with Crippen LogP contribution in [0.5, 0.6) is 0 Å². The number of nitrogens with one attached hydrogen (secondary N) is 2. The van der Waals surface area contributed by atoms with Gasteiger partial charge >= 0.3 is 0 Å². The van der Waals surface area contributed by atoms with E-state index in [0.29, 0.717) is 12.2 Å². The topological polar surface area (TPSA) is 73.9 Å². The fourth-order valence-corrected chi connectivity index (χ4v) is 3.45. The Hall–Kier alpha value is -2.73. The molecule has 0 bridgehead atoms. The molecule has 6 nitrogen and oxygen atoms in total. The number of rotatable bonds is 6. The van der Waals surface area contributed by atoms with Crippen molar-refractivity contribution in [1.29, 1.82) is 0 Å². The number of aromatic amines is 1. The second-order valence-electron chi connectivity index (χ2n) is 6.78. The lowest BCUT2D eigenvalue weighted by Crippen LogP contribution is -2.22. The van der Waals surface area contributed by atoms with Gasteiger partial charge in [0.1, 0.15) is 0 Å². The van der Waals surface area contributed by atoms with Crippen LogP contribution in [0.3, 0.4) is 0 Å². The number of hydrogen-bond acceptors (Lipinski definition) is 4. The van der Waals surface area contributed by atoms with Gasteiger partial charge in [-0.1, -0.05) is 12.1 Å². The first kappa shape index (κ1) is 16.7. The van der Waals surface area contributed by atoms with Crippen molar-refractivity contribution in [3.8, 4) is 11.3 Å². The zero-order valence-electron chi connectivity index (χ0n) is 14.7. The van der Waals surface area contributed by atoms with Crippen molar-refractivity contribution in [2.24, 2.45) is 0 Å². The number of aromatic nitrogens is 3. The number of anilines is 1. The van der Waals surface area contributed by atoms with E-state index in [-0.39, 0.29) is 5.91 Å². The molecule has 0 saturated carbocycles. The van der Waals surface area contributed by atoms with Gasteiger partial charge in [-0.15, -0.1) is 0 Å². The first-order valence-corrected chi connectivity index (χ1v) is 9.21. The molecule has 2 N–H and O–H groups in total. The molecule has 1 aliphatic rings. The molecule has 4 rings (SSSR count). The van der Waals surface area contributed by atoms with Gasteiger partial charge in [-0.25, -0.2) is 0 Å². The Morgan fingerprint density at radius 3 is 2.96 bits per heavy atom. The lowest BCUT2D eigenvalue weighted by Gasteiger charge is -2.13. The molecule has 3 heterocycles. The quantitative estimate of drug-likeness (QED) is 0.715. The average Bonchev–Trinajstić information content (AvgIpc) is 3.33. The molecule has 6 heteroatoms. The lowest BCUT2D eigenvalue weighted by atomic mass is 10.1. The maximum Gasteiger partial charge on any atom is 0.225 e. The number of hydrogen-bond donors (Lipinski definition) is 2. The number of benzene rings is 1. The highest BCUT2D eigenvalue weighted by molar-refractivity contribution is 5.90. The molecule has 1 aliphatic heterocycles. The second-order valence-corrected chi connectivity index (χ2v) is 6.78. The van der Waals surface area contributed by atoms with Gasteiger partial charge in [0.05, 0.1) is 11.2 Å². The molecule has 0 radical (unpaired) electrons. The molecule has 1 amide bonds. The molecular formula is C20H23N5O. The van der Waals surface area contributed by atoms with Gasteiger partial charge in [0.25, 0.3) is 0 Å². The number of nitrogens with zero attached hydrogens (tertiary/aromatic N) is 3. The number of carbonyl (C=O) groups excluding carboxylic acids is 1. The smallest absolute Gasteiger partial charge is 0.225 e. The summed E-state index contributed by atoms with van der Waals surface area (Å²) < 4.78 is 0. The van der Waals surface area contributed by atoms with E-state index in [9.17, 15) is 4.79 Å². The Labute approximate surface area is 152 Å². The van der Waals surface area contributed by atoms with Crippen LogP contribution in [0.1, 0.15) is 25.7 Å². The van der Waals surface area contributed by atoms with Crippen molar-refractivity contribution in [3.63, 3.8) is 0 Å². The Kier molecular flexibility index (Phi) is 4.93. The number of likely N-dealkylation sites (tertiary alicyclic amines) is 1. The van der Waals surface area contributed by atoms with Gasteiger partial charge in [-0.05, 0) is 57.1 Å². The van der Waals surface area contributed by atoms with Gasteiger partial charge in [0, 0.05) is 29.6 Å². The van der Waals surface area contributed by atoms with Crippen molar-refractivity contribution in [2.45, 2.75) is 25.7 Å². The fourth-order valence-electron chi connectivity index (χ4n) is 3.45. The SMILES string of the molecule is O=C(CCCN1CCCC1)Nc1cc(-c2ccc3ncccc3c2)[nH]n1. The summed E-state index contributed by atoms with van der Waals surface area (Å²) >= 11 is 0. The van der Waals surface area contributed by atoms with E-state index in [1.165, 1.54) is 25.9 Å². The average molecular weight is 349 g/mol. The molecule has 134 valence electrons. The van der Waals surface area contributed by atoms with Crippen molar-refractivity contribution in [1.82, 2.24) is 20.1 Å². The van der Waals surface area contributed by atoms with E-state index in [2.05, 4.69) is 31.5 Å². The molecule has 0 unspecified atom stereocenters. The second kappa shape index (κ2) is 7.66. The van der Waals surface area contributed by atoms with E-state index in [4.69, 9.17) is 0 Å². The van der Waals surface area contributed by atoms with Gasteiger partial charge in [0.2, 0.25) is 5.91 Å². The standard InChI is InChI=1S/C20H23N5O/c26-20(6-4-12-25-10-1-2-11-25)22-19-14-18(23-24-19)16-7-8-17-15(13-16)5-3-9-21-17/h3,5,7-9,13-14H,1-2,4,6,10-12H2,(H2,22,23,24,26). The van der Waals surface area contributed by atoms with E-state index in [0.717, 1.165) is 35.1 Å². The lowest BCUT2D eigenvalue weighted by molar-refractivity contribution is -0.116. The summed E-state index contributed by atoms with van der Waals surface area (Å²) in [6.07, 6.45) is 5.77. The molecule has 0 aliphatic carbocycles. The van der Waals surface area contributed by atoms with Crippen molar-refractivity contribution in [2.75, 3.05) is 25.0 Å². The first-order chi connectivity index (χ1) is 12.8. The van der Waals surface area contributed by atoms with Crippen LogP contribution >= 0.6 is 0 Å². The van der Waals surface area contributed by atoms with E-state index in [1.54, 1.807) is 6.20 Å². The summed E-state index contributed by atoms with van der Waals surface area (Å²) in [5.74, 6) is 0.586. The van der Waals surface area contributed by atoms with Crippen molar-refractivity contribution < 1.29 is 4.79 Å². The third-order valence-corrected chi connectivity index (χ3v) is 4.84. The van der Waals surface area contributed by atoms with Crippen molar-refractivity contribution in [3.05, 3.63) is 42.6 Å². The van der Waals surface area contributed by atoms with Crippen LogP contribution in [0.2, 0.25) is 0 Å². The molecule has 2 aromatic heterocycles. The minimum Gasteiger partial charge on any atom is -0.309 e. The van der Waals surface area contributed by atoms with Gasteiger partial charge in [-0.2, -0.15) is 5.10 Å².